The van der Waals surface area contributed by atoms with Gasteiger partial charge in [-0.05, 0) is 31.1 Å². The van der Waals surface area contributed by atoms with Crippen LogP contribution in [-0.2, 0) is 14.3 Å². The van der Waals surface area contributed by atoms with Gasteiger partial charge < -0.3 is 19.7 Å². The van der Waals surface area contributed by atoms with E-state index in [1.54, 1.807) is 0 Å². The Morgan fingerprint density at radius 3 is 2.57 bits per heavy atom. The minimum absolute atomic E-state index is 0.0306. The lowest BCUT2D eigenvalue weighted by Gasteiger charge is -2.59. The fourth-order valence-corrected chi connectivity index (χ4v) is 6.05. The Kier molecular flexibility index (Phi) is 3.45. The molecule has 0 aromatic carbocycles. The summed E-state index contributed by atoms with van der Waals surface area (Å²) in [4.78, 5) is 11.6. The molecule has 0 bridgehead atoms. The standard InChI is InChI=1S/C18H28O5/c1-9-7-12(23-11(3)19)14-16(4,5)8-17(6)10(2)22-15(20)13(9)18(14,17)21/h9,12-15,20-21H,2,7-8H2,1,3-6H3/t9-,12+,13-,14+,15-,17-,18-/m1/s1. The summed E-state index contributed by atoms with van der Waals surface area (Å²) in [5.74, 6) is -0.621. The van der Waals surface area contributed by atoms with E-state index in [0.717, 1.165) is 0 Å². The Balaban J connectivity index is 2.17. The highest BCUT2D eigenvalue weighted by atomic mass is 16.6. The third kappa shape index (κ3) is 1.96. The van der Waals surface area contributed by atoms with Crippen LogP contribution in [0.4, 0.5) is 0 Å². The first-order valence-corrected chi connectivity index (χ1v) is 8.39. The third-order valence-corrected chi connectivity index (χ3v) is 6.61. The predicted molar refractivity (Wildman–Crippen MR) is 84.0 cm³/mol. The lowest BCUT2D eigenvalue weighted by atomic mass is 9.54. The SMILES string of the molecule is C=C1O[C@@H](O)[C@H]2[C@H](C)C[C@H](OC(C)=O)[C@H]3C(C)(C)C[C@@]1(C)[C@@]23O. The summed E-state index contributed by atoms with van der Waals surface area (Å²) in [6.45, 7) is 13.5. The Hall–Kier alpha value is -1.07. The van der Waals surface area contributed by atoms with Gasteiger partial charge >= 0.3 is 5.97 Å². The number of hydrogen-bond donors (Lipinski definition) is 2. The molecular formula is C18H28O5. The van der Waals surface area contributed by atoms with Crippen LogP contribution in [0.5, 0.6) is 0 Å². The van der Waals surface area contributed by atoms with Crippen molar-refractivity contribution in [1.29, 1.82) is 0 Å². The number of aliphatic hydroxyl groups excluding tert-OH is 1. The molecule has 7 atom stereocenters. The molecule has 0 aromatic rings. The van der Waals surface area contributed by atoms with Crippen LogP contribution in [0.15, 0.2) is 12.3 Å². The van der Waals surface area contributed by atoms with Crippen LogP contribution in [0.25, 0.3) is 0 Å². The highest BCUT2D eigenvalue weighted by Gasteiger charge is 2.76. The molecule has 3 rings (SSSR count). The molecule has 1 heterocycles. The van der Waals surface area contributed by atoms with E-state index in [9.17, 15) is 15.0 Å². The maximum absolute atomic E-state index is 11.9. The number of carbonyl (C=O) groups excluding carboxylic acids is 1. The van der Waals surface area contributed by atoms with Gasteiger partial charge in [0, 0.05) is 12.8 Å². The van der Waals surface area contributed by atoms with Crippen molar-refractivity contribution in [2.24, 2.45) is 28.6 Å². The average Bonchev–Trinajstić information content (AvgIpc) is 2.51. The zero-order valence-corrected chi connectivity index (χ0v) is 14.6. The van der Waals surface area contributed by atoms with E-state index in [1.165, 1.54) is 6.92 Å². The third-order valence-electron chi connectivity index (χ3n) is 6.61. The summed E-state index contributed by atoms with van der Waals surface area (Å²) in [7, 11) is 0. The topological polar surface area (TPSA) is 76.0 Å². The number of rotatable bonds is 1. The van der Waals surface area contributed by atoms with Crippen LogP contribution < -0.4 is 0 Å². The molecule has 0 unspecified atom stereocenters. The van der Waals surface area contributed by atoms with Crippen molar-refractivity contribution in [3.8, 4) is 0 Å². The number of carbonyl (C=O) groups is 1. The Morgan fingerprint density at radius 2 is 2.00 bits per heavy atom. The van der Waals surface area contributed by atoms with Crippen molar-refractivity contribution in [2.75, 3.05) is 0 Å². The molecular weight excluding hydrogens is 296 g/mol. The molecule has 5 nitrogen and oxygen atoms in total. The van der Waals surface area contributed by atoms with Gasteiger partial charge in [-0.2, -0.15) is 0 Å². The number of aliphatic hydroxyl groups is 2. The molecule has 0 aromatic heterocycles. The highest BCUT2D eigenvalue weighted by molar-refractivity contribution is 5.66. The predicted octanol–water partition coefficient (Wildman–Crippen LogP) is 2.22. The van der Waals surface area contributed by atoms with Crippen molar-refractivity contribution >= 4 is 5.97 Å². The van der Waals surface area contributed by atoms with E-state index >= 15 is 0 Å². The maximum atomic E-state index is 11.9. The first-order valence-electron chi connectivity index (χ1n) is 8.39. The summed E-state index contributed by atoms with van der Waals surface area (Å²) < 4.78 is 11.2. The lowest BCUT2D eigenvalue weighted by molar-refractivity contribution is -0.295. The zero-order chi connectivity index (χ0) is 17.4. The molecule has 2 aliphatic carbocycles. The zero-order valence-electron chi connectivity index (χ0n) is 14.6. The Morgan fingerprint density at radius 1 is 1.39 bits per heavy atom. The number of hydrogen-bond acceptors (Lipinski definition) is 5. The number of esters is 1. The summed E-state index contributed by atoms with van der Waals surface area (Å²) in [6, 6.07) is 0. The van der Waals surface area contributed by atoms with E-state index < -0.39 is 23.2 Å². The van der Waals surface area contributed by atoms with E-state index in [2.05, 4.69) is 20.4 Å². The molecule has 5 heteroatoms. The van der Waals surface area contributed by atoms with Crippen LogP contribution in [0.3, 0.4) is 0 Å². The van der Waals surface area contributed by atoms with Crippen LogP contribution in [0, 0.1) is 28.6 Å². The Labute approximate surface area is 137 Å². The van der Waals surface area contributed by atoms with Gasteiger partial charge in [-0.1, -0.05) is 27.4 Å². The van der Waals surface area contributed by atoms with Crippen molar-refractivity contribution in [1.82, 2.24) is 0 Å². The first kappa shape index (κ1) is 16.8. The van der Waals surface area contributed by atoms with Gasteiger partial charge in [0.15, 0.2) is 0 Å². The highest BCUT2D eigenvalue weighted by Crippen LogP contribution is 2.71. The van der Waals surface area contributed by atoms with Crippen molar-refractivity contribution in [3.63, 3.8) is 0 Å². The second kappa shape index (κ2) is 4.73. The molecule has 0 spiro atoms. The van der Waals surface area contributed by atoms with E-state index in [-0.39, 0.29) is 29.3 Å². The van der Waals surface area contributed by atoms with Gasteiger partial charge in [0.05, 0.1) is 16.9 Å². The molecule has 23 heavy (non-hydrogen) atoms. The van der Waals surface area contributed by atoms with Crippen LogP contribution >= 0.6 is 0 Å². The molecule has 0 amide bonds. The van der Waals surface area contributed by atoms with Crippen molar-refractivity contribution < 1.29 is 24.5 Å². The minimum Gasteiger partial charge on any atom is -0.469 e. The second-order valence-corrected chi connectivity index (χ2v) is 8.62. The molecule has 0 radical (unpaired) electrons. The van der Waals surface area contributed by atoms with Gasteiger partial charge in [-0.25, -0.2) is 0 Å². The normalized spacial score (nSPS) is 50.9. The summed E-state index contributed by atoms with van der Waals surface area (Å²) in [5.41, 5.74) is -2.14. The van der Waals surface area contributed by atoms with Crippen molar-refractivity contribution in [3.05, 3.63) is 12.3 Å². The molecule has 3 aliphatic rings. The first-order chi connectivity index (χ1) is 10.4. The largest absolute Gasteiger partial charge is 0.469 e. The quantitative estimate of drug-likeness (QED) is 0.723. The van der Waals surface area contributed by atoms with Crippen LogP contribution in [0.1, 0.15) is 47.5 Å². The van der Waals surface area contributed by atoms with Crippen LogP contribution in [-0.4, -0.2) is 34.2 Å². The fraction of sp³-hybridized carbons (Fsp3) is 0.833. The number of ether oxygens (including phenoxy) is 2. The van der Waals surface area contributed by atoms with Gasteiger partial charge in [-0.15, -0.1) is 0 Å². The molecule has 130 valence electrons. The molecule has 3 fully saturated rings. The van der Waals surface area contributed by atoms with Gasteiger partial charge in [0.1, 0.15) is 11.9 Å². The lowest BCUT2D eigenvalue weighted by Crippen LogP contribution is -2.68. The summed E-state index contributed by atoms with van der Waals surface area (Å²) >= 11 is 0. The molecule has 2 N–H and O–H groups in total. The Bertz CT molecular complexity index is 556. The molecule has 2 saturated carbocycles. The van der Waals surface area contributed by atoms with E-state index in [1.807, 2.05) is 13.8 Å². The summed E-state index contributed by atoms with van der Waals surface area (Å²) in [6.07, 6.45) is -0.152. The van der Waals surface area contributed by atoms with E-state index in [4.69, 9.17) is 9.47 Å². The van der Waals surface area contributed by atoms with Gasteiger partial charge in [0.25, 0.3) is 0 Å². The smallest absolute Gasteiger partial charge is 0.302 e. The van der Waals surface area contributed by atoms with Gasteiger partial charge in [0.2, 0.25) is 6.29 Å². The van der Waals surface area contributed by atoms with Crippen LogP contribution in [0.2, 0.25) is 0 Å². The second-order valence-electron chi connectivity index (χ2n) is 8.62. The molecule has 1 saturated heterocycles. The van der Waals surface area contributed by atoms with E-state index in [0.29, 0.717) is 18.6 Å². The monoisotopic (exact) mass is 324 g/mol. The minimum atomic E-state index is -1.21. The summed E-state index contributed by atoms with van der Waals surface area (Å²) in [5, 5.41) is 22.4. The maximum Gasteiger partial charge on any atom is 0.302 e. The average molecular weight is 324 g/mol. The van der Waals surface area contributed by atoms with Gasteiger partial charge in [-0.3, -0.25) is 4.79 Å². The molecule has 1 aliphatic heterocycles. The van der Waals surface area contributed by atoms with Crippen molar-refractivity contribution in [2.45, 2.75) is 65.5 Å². The fourth-order valence-electron chi connectivity index (χ4n) is 6.05.